The summed E-state index contributed by atoms with van der Waals surface area (Å²) in [6, 6.07) is 11.1. The largest absolute Gasteiger partial charge is 0.438 e. The molecular formula is C24H23N3O4S2. The Bertz CT molecular complexity index is 1310. The van der Waals surface area contributed by atoms with Crippen LogP contribution in [0.15, 0.2) is 52.3 Å². The van der Waals surface area contributed by atoms with E-state index in [0.717, 1.165) is 11.1 Å². The normalized spacial score (nSPS) is 15.1. The zero-order chi connectivity index (χ0) is 23.5. The molecule has 170 valence electrons. The first-order valence-electron chi connectivity index (χ1n) is 10.4. The van der Waals surface area contributed by atoms with Crippen molar-refractivity contribution in [2.24, 2.45) is 0 Å². The predicted octanol–water partition coefficient (Wildman–Crippen LogP) is 4.34. The summed E-state index contributed by atoms with van der Waals surface area (Å²) in [6.45, 7) is 4.92. The molecule has 4 rings (SSSR count). The molecule has 3 heterocycles. The highest BCUT2D eigenvalue weighted by Crippen LogP contribution is 2.34. The molecule has 1 aromatic carbocycles. The number of aromatic nitrogens is 2. The van der Waals surface area contributed by atoms with Gasteiger partial charge < -0.3 is 9.47 Å². The molecule has 1 saturated heterocycles. The van der Waals surface area contributed by atoms with E-state index in [0.29, 0.717) is 40.2 Å². The van der Waals surface area contributed by atoms with E-state index in [2.05, 4.69) is 4.98 Å². The molecule has 3 aromatic rings. The summed E-state index contributed by atoms with van der Waals surface area (Å²) < 4.78 is 13.0. The van der Waals surface area contributed by atoms with E-state index in [9.17, 15) is 9.59 Å². The molecule has 9 heteroatoms. The van der Waals surface area contributed by atoms with Gasteiger partial charge in [-0.25, -0.2) is 0 Å². The summed E-state index contributed by atoms with van der Waals surface area (Å²) in [7, 11) is 1.61. The molecule has 0 atom stereocenters. The Morgan fingerprint density at radius 2 is 1.91 bits per heavy atom. The number of benzene rings is 1. The molecule has 1 aliphatic rings. The van der Waals surface area contributed by atoms with Gasteiger partial charge in [-0.15, -0.1) is 0 Å². The van der Waals surface area contributed by atoms with Gasteiger partial charge in [0.05, 0.1) is 4.91 Å². The molecule has 1 amide bonds. The summed E-state index contributed by atoms with van der Waals surface area (Å²) >= 11 is 6.56. The summed E-state index contributed by atoms with van der Waals surface area (Å²) in [5, 5.41) is 0. The van der Waals surface area contributed by atoms with E-state index in [1.54, 1.807) is 31.5 Å². The van der Waals surface area contributed by atoms with Crippen LogP contribution in [0.5, 0.6) is 11.6 Å². The fourth-order valence-corrected chi connectivity index (χ4v) is 4.87. The molecule has 0 unspecified atom stereocenters. The maximum atomic E-state index is 13.4. The van der Waals surface area contributed by atoms with Crippen molar-refractivity contribution >= 4 is 45.9 Å². The zero-order valence-corrected chi connectivity index (χ0v) is 20.2. The number of hydrogen-bond donors (Lipinski definition) is 0. The Morgan fingerprint density at radius 3 is 2.64 bits per heavy atom. The van der Waals surface area contributed by atoms with Crippen LogP contribution in [0.1, 0.15) is 23.1 Å². The maximum Gasteiger partial charge on any atom is 0.269 e. The highest BCUT2D eigenvalue weighted by Gasteiger charge is 2.32. The number of rotatable bonds is 7. The molecule has 2 aromatic heterocycles. The molecule has 1 aliphatic heterocycles. The monoisotopic (exact) mass is 481 g/mol. The molecule has 0 radical (unpaired) electrons. The first-order valence-corrected chi connectivity index (χ1v) is 11.6. The summed E-state index contributed by atoms with van der Waals surface area (Å²) in [5.41, 5.74) is 2.37. The summed E-state index contributed by atoms with van der Waals surface area (Å²) in [4.78, 5) is 32.8. The average Bonchev–Trinajstić information content (AvgIpc) is 3.03. The minimum absolute atomic E-state index is 0.140. The highest BCUT2D eigenvalue weighted by molar-refractivity contribution is 8.26. The number of methoxy groups -OCH3 is 1. The number of hydrogen-bond acceptors (Lipinski definition) is 7. The van der Waals surface area contributed by atoms with Crippen LogP contribution in [0.4, 0.5) is 0 Å². The van der Waals surface area contributed by atoms with Crippen LogP contribution in [0.25, 0.3) is 11.7 Å². The quantitative estimate of drug-likeness (QED) is 0.282. The Kier molecular flexibility index (Phi) is 6.92. The van der Waals surface area contributed by atoms with Crippen molar-refractivity contribution in [3.63, 3.8) is 0 Å². The van der Waals surface area contributed by atoms with Crippen LogP contribution in [-0.4, -0.2) is 44.8 Å². The number of carbonyl (C=O) groups is 1. The van der Waals surface area contributed by atoms with Crippen LogP contribution >= 0.6 is 24.0 Å². The van der Waals surface area contributed by atoms with Gasteiger partial charge in [0, 0.05) is 26.5 Å². The molecule has 0 bridgehead atoms. The SMILES string of the molecule is COCCCN1C(=O)/C(=C/c2c(Oc3cc(C)cc(C)c3)nc3ccccn3c2=O)SC1=S. The van der Waals surface area contributed by atoms with Crippen LogP contribution in [0.3, 0.4) is 0 Å². The van der Waals surface area contributed by atoms with E-state index in [1.807, 2.05) is 32.0 Å². The van der Waals surface area contributed by atoms with E-state index in [4.69, 9.17) is 21.7 Å². The van der Waals surface area contributed by atoms with Crippen LogP contribution in [0.2, 0.25) is 0 Å². The van der Waals surface area contributed by atoms with Crippen molar-refractivity contribution in [3.05, 3.63) is 74.5 Å². The molecule has 0 saturated carbocycles. The topological polar surface area (TPSA) is 73.1 Å². The van der Waals surface area contributed by atoms with E-state index >= 15 is 0 Å². The minimum Gasteiger partial charge on any atom is -0.438 e. The van der Waals surface area contributed by atoms with E-state index < -0.39 is 0 Å². The Labute approximate surface area is 201 Å². The standard InChI is InChI=1S/C24H23N3O4S2/c1-15-11-16(2)13-17(12-15)31-21-18(22(28)26-8-5-4-7-20(26)25-21)14-19-23(29)27(24(32)33-19)9-6-10-30-3/h4-5,7-8,11-14H,6,9-10H2,1-3H3/b19-14-. The minimum atomic E-state index is -0.329. The Balaban J connectivity index is 1.78. The van der Waals surface area contributed by atoms with Crippen LogP contribution in [-0.2, 0) is 9.53 Å². The lowest BCUT2D eigenvalue weighted by molar-refractivity contribution is -0.122. The molecule has 0 spiro atoms. The molecule has 1 fully saturated rings. The maximum absolute atomic E-state index is 13.4. The van der Waals surface area contributed by atoms with Crippen molar-refractivity contribution in [2.75, 3.05) is 20.3 Å². The zero-order valence-electron chi connectivity index (χ0n) is 18.5. The highest BCUT2D eigenvalue weighted by atomic mass is 32.2. The Hall–Kier alpha value is -3.01. The number of aryl methyl sites for hydroxylation is 2. The van der Waals surface area contributed by atoms with Gasteiger partial charge in [0.25, 0.3) is 11.5 Å². The molecule has 0 aliphatic carbocycles. The number of pyridine rings is 1. The van der Waals surface area contributed by atoms with Gasteiger partial charge in [0.1, 0.15) is 21.3 Å². The van der Waals surface area contributed by atoms with Crippen molar-refractivity contribution in [1.82, 2.24) is 14.3 Å². The first-order chi connectivity index (χ1) is 15.9. The van der Waals surface area contributed by atoms with Crippen LogP contribution < -0.4 is 10.3 Å². The van der Waals surface area contributed by atoms with Gasteiger partial charge in [-0.1, -0.05) is 36.1 Å². The molecule has 33 heavy (non-hydrogen) atoms. The molecule has 7 nitrogen and oxygen atoms in total. The van der Waals surface area contributed by atoms with Crippen molar-refractivity contribution in [2.45, 2.75) is 20.3 Å². The third-order valence-electron chi connectivity index (χ3n) is 5.02. The van der Waals surface area contributed by atoms with Crippen molar-refractivity contribution in [3.8, 4) is 11.6 Å². The number of thiocarbonyl (C=S) groups is 1. The second-order valence-corrected chi connectivity index (χ2v) is 9.35. The fraction of sp³-hybridized carbons (Fsp3) is 0.250. The van der Waals surface area contributed by atoms with Gasteiger partial charge in [0.15, 0.2) is 0 Å². The average molecular weight is 482 g/mol. The van der Waals surface area contributed by atoms with Crippen LogP contribution in [0, 0.1) is 13.8 Å². The third kappa shape index (κ3) is 5.00. The number of fused-ring (bicyclic) bond motifs is 1. The number of nitrogens with zero attached hydrogens (tertiary/aromatic N) is 3. The molecular weight excluding hydrogens is 458 g/mol. The predicted molar refractivity (Wildman–Crippen MR) is 134 cm³/mol. The van der Waals surface area contributed by atoms with Crippen molar-refractivity contribution in [1.29, 1.82) is 0 Å². The number of ether oxygens (including phenoxy) is 2. The van der Waals surface area contributed by atoms with E-state index in [-0.39, 0.29) is 22.9 Å². The number of carbonyl (C=O) groups excluding carboxylic acids is 1. The second-order valence-electron chi connectivity index (χ2n) is 7.67. The van der Waals surface area contributed by atoms with Gasteiger partial charge >= 0.3 is 0 Å². The van der Waals surface area contributed by atoms with Gasteiger partial charge in [-0.2, -0.15) is 4.98 Å². The lowest BCUT2D eigenvalue weighted by Gasteiger charge is -2.13. The number of amides is 1. The van der Waals surface area contributed by atoms with Gasteiger partial charge in [-0.3, -0.25) is 18.9 Å². The van der Waals surface area contributed by atoms with Gasteiger partial charge in [0.2, 0.25) is 5.88 Å². The summed E-state index contributed by atoms with van der Waals surface area (Å²) in [5.74, 6) is 0.471. The lowest BCUT2D eigenvalue weighted by Crippen LogP contribution is -2.29. The smallest absolute Gasteiger partial charge is 0.269 e. The lowest BCUT2D eigenvalue weighted by atomic mass is 10.1. The third-order valence-corrected chi connectivity index (χ3v) is 6.40. The summed E-state index contributed by atoms with van der Waals surface area (Å²) in [6.07, 6.45) is 3.83. The first kappa shape index (κ1) is 23.2. The van der Waals surface area contributed by atoms with Crippen molar-refractivity contribution < 1.29 is 14.3 Å². The van der Waals surface area contributed by atoms with E-state index in [1.165, 1.54) is 27.1 Å². The van der Waals surface area contributed by atoms with Gasteiger partial charge in [-0.05, 0) is 61.7 Å². The Morgan fingerprint density at radius 1 is 1.15 bits per heavy atom. The molecule has 0 N–H and O–H groups in total. The fourth-order valence-electron chi connectivity index (χ4n) is 3.58. The second kappa shape index (κ2) is 9.86. The number of thioether (sulfide) groups is 1.